The summed E-state index contributed by atoms with van der Waals surface area (Å²) < 4.78 is 22.8. The minimum atomic E-state index is -1.02. The molecule has 0 aliphatic heterocycles. The van der Waals surface area contributed by atoms with Crippen molar-refractivity contribution in [2.75, 3.05) is 26.9 Å². The Balaban J connectivity index is 1.88. The Morgan fingerprint density at radius 2 is 2.00 bits per heavy atom. The lowest BCUT2D eigenvalue weighted by molar-refractivity contribution is -0.142. The first-order valence-corrected chi connectivity index (χ1v) is 10.1. The van der Waals surface area contributed by atoms with Crippen LogP contribution in [0.25, 0.3) is 22.3 Å². The molecule has 0 aliphatic carbocycles. The van der Waals surface area contributed by atoms with Crippen LogP contribution in [0, 0.1) is 0 Å². The lowest BCUT2D eigenvalue weighted by Gasteiger charge is -2.14. The number of halogens is 2. The molecular formula is C21H18BrClO7. The van der Waals surface area contributed by atoms with Crippen LogP contribution in [0.2, 0.25) is 5.02 Å². The van der Waals surface area contributed by atoms with Crippen molar-refractivity contribution in [3.63, 3.8) is 0 Å². The van der Waals surface area contributed by atoms with Gasteiger partial charge in [-0.1, -0.05) is 17.7 Å². The van der Waals surface area contributed by atoms with E-state index in [9.17, 15) is 9.59 Å². The minimum absolute atomic E-state index is 0.225. The van der Waals surface area contributed by atoms with Crippen LogP contribution in [0.15, 0.2) is 50.1 Å². The molecule has 0 spiro atoms. The van der Waals surface area contributed by atoms with Crippen LogP contribution >= 0.6 is 27.5 Å². The van der Waals surface area contributed by atoms with Crippen molar-refractivity contribution in [2.24, 2.45) is 0 Å². The van der Waals surface area contributed by atoms with Crippen LogP contribution in [0.3, 0.4) is 0 Å². The molecular weight excluding hydrogens is 480 g/mol. The van der Waals surface area contributed by atoms with Gasteiger partial charge in [0.15, 0.2) is 11.0 Å². The maximum absolute atomic E-state index is 12.5. The summed E-state index contributed by atoms with van der Waals surface area (Å²) in [5, 5.41) is 9.28. The number of aliphatic carboxylic acids is 1. The lowest BCUT2D eigenvalue weighted by Crippen LogP contribution is -2.10. The maximum Gasteiger partial charge on any atom is 0.329 e. The summed E-state index contributed by atoms with van der Waals surface area (Å²) in [7, 11) is 1.51. The molecule has 0 fully saturated rings. The first-order chi connectivity index (χ1) is 14.4. The number of ether oxygens (including phenoxy) is 3. The molecule has 0 bridgehead atoms. The number of carbonyl (C=O) groups is 1. The highest BCUT2D eigenvalue weighted by atomic mass is 79.9. The van der Waals surface area contributed by atoms with Crippen molar-refractivity contribution >= 4 is 44.5 Å². The van der Waals surface area contributed by atoms with Crippen LogP contribution < -0.4 is 14.9 Å². The van der Waals surface area contributed by atoms with Gasteiger partial charge in [-0.25, -0.2) is 4.79 Å². The molecule has 0 saturated carbocycles. The fourth-order valence-corrected chi connectivity index (χ4v) is 3.44. The Morgan fingerprint density at radius 3 is 2.73 bits per heavy atom. The fraction of sp³-hybridized carbons (Fsp3) is 0.238. The third-order valence-electron chi connectivity index (χ3n) is 4.14. The van der Waals surface area contributed by atoms with Gasteiger partial charge in [-0.05, 0) is 40.2 Å². The van der Waals surface area contributed by atoms with Gasteiger partial charge >= 0.3 is 5.97 Å². The number of carboxylic acid groups (broad SMARTS) is 1. The Bertz CT molecular complexity index is 1130. The molecule has 7 nitrogen and oxygen atoms in total. The molecule has 0 aliphatic rings. The molecule has 0 saturated heterocycles. The number of hydrogen-bond donors (Lipinski definition) is 1. The molecule has 1 N–H and O–H groups in total. The van der Waals surface area contributed by atoms with Crippen molar-refractivity contribution in [2.45, 2.75) is 6.42 Å². The van der Waals surface area contributed by atoms with Crippen LogP contribution in [0.1, 0.15) is 6.42 Å². The molecule has 0 unspecified atom stereocenters. The third-order valence-corrected chi connectivity index (χ3v) is 5.06. The number of hydrogen-bond acceptors (Lipinski definition) is 6. The van der Waals surface area contributed by atoms with Gasteiger partial charge in [-0.2, -0.15) is 0 Å². The van der Waals surface area contributed by atoms with Gasteiger partial charge in [-0.3, -0.25) is 4.79 Å². The van der Waals surface area contributed by atoms with Gasteiger partial charge in [0, 0.05) is 12.5 Å². The number of fused-ring (bicyclic) bond motifs is 1. The molecule has 0 amide bonds. The highest BCUT2D eigenvalue weighted by Crippen LogP contribution is 2.39. The van der Waals surface area contributed by atoms with Crippen LogP contribution in [-0.2, 0) is 9.53 Å². The molecule has 3 rings (SSSR count). The molecule has 0 radical (unpaired) electrons. The van der Waals surface area contributed by atoms with Crippen molar-refractivity contribution in [1.82, 2.24) is 0 Å². The number of rotatable bonds is 9. The average molecular weight is 498 g/mol. The SMILES string of the molecule is COc1cc(Br)c(OCCCOCC(=O)O)cc1-c1cc(=O)c2cccc(Cl)c2o1. The van der Waals surface area contributed by atoms with Gasteiger partial charge in [0.1, 0.15) is 23.9 Å². The average Bonchev–Trinajstić information content (AvgIpc) is 2.71. The van der Waals surface area contributed by atoms with Gasteiger partial charge in [-0.15, -0.1) is 0 Å². The smallest absolute Gasteiger partial charge is 0.329 e. The normalized spacial score (nSPS) is 10.9. The first kappa shape index (κ1) is 22.1. The van der Waals surface area contributed by atoms with Gasteiger partial charge < -0.3 is 23.7 Å². The summed E-state index contributed by atoms with van der Waals surface area (Å²) in [6, 6.07) is 9.78. The summed E-state index contributed by atoms with van der Waals surface area (Å²) in [4.78, 5) is 23.0. The summed E-state index contributed by atoms with van der Waals surface area (Å²) >= 11 is 9.64. The molecule has 30 heavy (non-hydrogen) atoms. The highest BCUT2D eigenvalue weighted by Gasteiger charge is 2.16. The second-order valence-electron chi connectivity index (χ2n) is 6.22. The van der Waals surface area contributed by atoms with Gasteiger partial charge in [0.25, 0.3) is 0 Å². The van der Waals surface area contributed by atoms with Crippen molar-refractivity contribution < 1.29 is 28.5 Å². The molecule has 158 valence electrons. The van der Waals surface area contributed by atoms with E-state index in [1.807, 2.05) is 0 Å². The second kappa shape index (κ2) is 9.97. The summed E-state index contributed by atoms with van der Waals surface area (Å²) in [6.45, 7) is 0.211. The van der Waals surface area contributed by atoms with Gasteiger partial charge in [0.05, 0.1) is 40.8 Å². The van der Waals surface area contributed by atoms with E-state index in [0.29, 0.717) is 56.3 Å². The summed E-state index contributed by atoms with van der Waals surface area (Å²) in [6.07, 6.45) is 0.502. The first-order valence-electron chi connectivity index (χ1n) is 8.93. The molecule has 3 aromatic rings. The Kier molecular flexibility index (Phi) is 7.36. The standard InChI is InChI=1S/C21H18BrClO7/c1-27-17-9-14(22)19(29-7-3-6-28-11-20(25)26)8-13(17)18-10-16(24)12-4-2-5-15(23)21(12)30-18/h2,4-5,8-10H,3,6-7,11H2,1H3,(H,25,26). The van der Waals surface area contributed by atoms with E-state index in [4.69, 9.17) is 35.3 Å². The topological polar surface area (TPSA) is 95.2 Å². The van der Waals surface area contributed by atoms with E-state index in [2.05, 4.69) is 15.9 Å². The molecule has 2 aromatic carbocycles. The monoisotopic (exact) mass is 496 g/mol. The Morgan fingerprint density at radius 1 is 1.20 bits per heavy atom. The van der Waals surface area contributed by atoms with E-state index in [-0.39, 0.29) is 18.6 Å². The van der Waals surface area contributed by atoms with Crippen molar-refractivity contribution in [3.05, 3.63) is 56.1 Å². The molecule has 9 heteroatoms. The minimum Gasteiger partial charge on any atom is -0.496 e. The second-order valence-corrected chi connectivity index (χ2v) is 7.48. The highest BCUT2D eigenvalue weighted by molar-refractivity contribution is 9.10. The fourth-order valence-electron chi connectivity index (χ4n) is 2.79. The number of carboxylic acids is 1. The lowest BCUT2D eigenvalue weighted by atomic mass is 10.1. The van der Waals surface area contributed by atoms with Crippen LogP contribution in [0.5, 0.6) is 11.5 Å². The van der Waals surface area contributed by atoms with Crippen LogP contribution in [-0.4, -0.2) is 38.0 Å². The largest absolute Gasteiger partial charge is 0.496 e. The predicted molar refractivity (Wildman–Crippen MR) is 116 cm³/mol. The van der Waals surface area contributed by atoms with Crippen molar-refractivity contribution in [1.29, 1.82) is 0 Å². The van der Waals surface area contributed by atoms with Gasteiger partial charge in [0.2, 0.25) is 0 Å². The zero-order chi connectivity index (χ0) is 21.7. The molecule has 1 heterocycles. The molecule has 0 atom stereocenters. The maximum atomic E-state index is 12.5. The Labute approximate surface area is 185 Å². The number of benzene rings is 2. The van der Waals surface area contributed by atoms with E-state index >= 15 is 0 Å². The Hall–Kier alpha value is -2.55. The summed E-state index contributed by atoms with van der Waals surface area (Å²) in [5.41, 5.74) is 0.596. The van der Waals surface area contributed by atoms with Crippen molar-refractivity contribution in [3.8, 4) is 22.8 Å². The quantitative estimate of drug-likeness (QED) is 0.426. The zero-order valence-corrected chi connectivity index (χ0v) is 18.3. The number of para-hydroxylation sites is 1. The van der Waals surface area contributed by atoms with Crippen LogP contribution in [0.4, 0.5) is 0 Å². The van der Waals surface area contributed by atoms with E-state index in [1.54, 1.807) is 30.3 Å². The number of methoxy groups -OCH3 is 1. The molecule has 1 aromatic heterocycles. The predicted octanol–water partition coefficient (Wildman–Crippen LogP) is 4.75. The van der Waals surface area contributed by atoms with E-state index in [0.717, 1.165) is 0 Å². The third kappa shape index (κ3) is 5.13. The van der Waals surface area contributed by atoms with E-state index < -0.39 is 5.97 Å². The summed E-state index contributed by atoms with van der Waals surface area (Å²) in [5.74, 6) is 0.259. The zero-order valence-electron chi connectivity index (χ0n) is 15.9. The van der Waals surface area contributed by atoms with E-state index in [1.165, 1.54) is 13.2 Å².